The number of benzene rings is 8. The molecule has 0 saturated carbocycles. The second-order valence-electron chi connectivity index (χ2n) is 16.5. The molecular formula is C45H32N10Na6O21S6+6. The van der Waals surface area contributed by atoms with Crippen LogP contribution in [0.4, 0.5) is 61.7 Å². The van der Waals surface area contributed by atoms with Crippen molar-refractivity contribution in [3.05, 3.63) is 133 Å². The molecule has 8 aromatic rings. The molecule has 0 fully saturated rings. The van der Waals surface area contributed by atoms with Crippen LogP contribution in [0, 0.1) is 0 Å². The third kappa shape index (κ3) is 20.5. The summed E-state index contributed by atoms with van der Waals surface area (Å²) in [5.74, 6) is -1.73. The van der Waals surface area contributed by atoms with Gasteiger partial charge in [-0.05, 0) is 133 Å². The average Bonchev–Trinajstić information content (AvgIpc) is 1.28. The molecule has 31 nitrogen and oxygen atoms in total. The van der Waals surface area contributed by atoms with Crippen LogP contribution in [0.25, 0.3) is 21.5 Å². The van der Waals surface area contributed by atoms with Gasteiger partial charge in [-0.3, -0.25) is 27.3 Å². The Labute approximate surface area is 631 Å². The summed E-state index contributed by atoms with van der Waals surface area (Å²) in [5, 5.41) is 56.5. The number of nitrogens with zero attached hydrogens (tertiary/aromatic N) is 8. The van der Waals surface area contributed by atoms with Crippen molar-refractivity contribution in [3.8, 4) is 11.5 Å². The van der Waals surface area contributed by atoms with Crippen molar-refractivity contribution < 1.29 is 270 Å². The Morgan fingerprint density at radius 3 is 1.10 bits per heavy atom. The summed E-state index contributed by atoms with van der Waals surface area (Å²) in [7, 11) is -29.8. The summed E-state index contributed by atoms with van der Waals surface area (Å²) < 4.78 is 204. The van der Waals surface area contributed by atoms with Crippen LogP contribution < -0.4 is 188 Å². The summed E-state index contributed by atoms with van der Waals surface area (Å²) in [4.78, 5) is 8.47. The number of amides is 2. The van der Waals surface area contributed by atoms with Crippen molar-refractivity contribution in [1.29, 1.82) is 0 Å². The molecule has 0 aliphatic rings. The van der Waals surface area contributed by atoms with Crippen LogP contribution in [0.5, 0.6) is 11.5 Å². The van der Waals surface area contributed by atoms with Gasteiger partial charge >= 0.3 is 183 Å². The number of fused-ring (bicyclic) bond motifs is 2. The number of anilines is 2. The molecule has 0 aromatic heterocycles. The molecule has 0 saturated heterocycles. The van der Waals surface area contributed by atoms with E-state index in [1.165, 1.54) is 18.2 Å². The first-order chi connectivity index (χ1) is 38.1. The minimum Gasteiger partial charge on any atom is -0.507 e. The molecule has 0 radical (unpaired) electrons. The Kier molecular flexibility index (Phi) is 29.7. The van der Waals surface area contributed by atoms with Crippen LogP contribution in [-0.2, 0) is 60.7 Å². The average molecular weight is 1380 g/mol. The van der Waals surface area contributed by atoms with Crippen molar-refractivity contribution in [3.63, 3.8) is 0 Å². The molecule has 0 heterocycles. The van der Waals surface area contributed by atoms with Gasteiger partial charge in [0.1, 0.15) is 48.1 Å². The van der Waals surface area contributed by atoms with E-state index in [4.69, 9.17) is 4.55 Å². The molecule has 0 aliphatic heterocycles. The monoisotopic (exact) mass is 1380 g/mol. The van der Waals surface area contributed by atoms with Gasteiger partial charge in [0.15, 0.2) is 5.75 Å². The SMILES string of the molecule is O=C(Nc1ccc2c(O)c(N=Nc3ccc(N=Nc4ccc(S(=O)(=O)O)cc4)cc3S(=O)(=O)O)c(S(=O)(=O)O)cc2c1)Nc1ccc2c(N=Nc3ccc(N=Nc4ccc(S(=O)(=O)O)cc4)cc3S(=O)(=O)O)c(S(=O)(=O)O)cc(O)c2c1.[Na+].[Na+].[Na+].[Na+].[Na+].[Na+]. The van der Waals surface area contributed by atoms with E-state index in [0.29, 0.717) is 6.07 Å². The Hall–Kier alpha value is -2.99. The molecule has 0 unspecified atom stereocenters. The van der Waals surface area contributed by atoms with E-state index in [-0.39, 0.29) is 233 Å². The van der Waals surface area contributed by atoms with E-state index in [0.717, 1.165) is 109 Å². The predicted octanol–water partition coefficient (Wildman–Crippen LogP) is -7.79. The summed E-state index contributed by atoms with van der Waals surface area (Å²) in [6, 6.07) is 21.8. The fraction of sp³-hybridized carbons (Fsp3) is 0. The number of phenols is 2. The van der Waals surface area contributed by atoms with Crippen LogP contribution in [-0.4, -0.2) is 94.1 Å². The second kappa shape index (κ2) is 32.2. The van der Waals surface area contributed by atoms with E-state index in [1.807, 2.05) is 0 Å². The quantitative estimate of drug-likeness (QED) is 0.0244. The Bertz CT molecular complexity index is 4870. The third-order valence-corrected chi connectivity index (χ3v) is 16.2. The van der Waals surface area contributed by atoms with Crippen molar-refractivity contribution in [2.24, 2.45) is 40.9 Å². The van der Waals surface area contributed by atoms with Crippen LogP contribution >= 0.6 is 0 Å². The van der Waals surface area contributed by atoms with Crippen molar-refractivity contribution >= 4 is 145 Å². The standard InChI is InChI=1S/C45H32N10O21S6.6Na/c56-37-22-41(82(74,75)76)42(54-52-35-15-7-28(20-38(35)79(65,66)67)50-48-24-1-9-30(10-2-24)77(59,60)61)33-14-6-27(19-34(33)37)47-45(58)46-26-5-13-32-23(17-26)18-40(81(71,72)73)43(44(32)57)55-53-36-16-8-29(21-39(36)80(68,69)70)51-49-25-3-11-31(12-4-25)78(62,63)64;;;;;;/h1-22,56-57H,(H2,46,47,58)(H,59,60,61)(H,62,63,64)(H,65,66,67)(H,68,69,70)(H,71,72,73)(H,74,75,76);;;;;;/q;6*+1. The maximum Gasteiger partial charge on any atom is 1.00 e. The summed E-state index contributed by atoms with van der Waals surface area (Å²) >= 11 is 0. The molecule has 43 heteroatoms. The number of carbonyl (C=O) groups is 1. The van der Waals surface area contributed by atoms with Gasteiger partial charge in [-0.1, -0.05) is 0 Å². The summed E-state index contributed by atoms with van der Waals surface area (Å²) in [6.45, 7) is 0. The smallest absolute Gasteiger partial charge is 0.507 e. The fourth-order valence-corrected chi connectivity index (χ4v) is 10.8. The molecule has 0 bridgehead atoms. The molecule has 8 rings (SSSR count). The van der Waals surface area contributed by atoms with E-state index < -0.39 is 130 Å². The molecule has 88 heavy (non-hydrogen) atoms. The first-order valence-corrected chi connectivity index (χ1v) is 30.5. The molecule has 10 N–H and O–H groups in total. The van der Waals surface area contributed by atoms with Crippen LogP contribution in [0.1, 0.15) is 0 Å². The topological polar surface area (TPSA) is 507 Å². The molecule has 0 aliphatic carbocycles. The van der Waals surface area contributed by atoms with Gasteiger partial charge < -0.3 is 20.8 Å². The second-order valence-corrected chi connectivity index (χ2v) is 24.9. The molecule has 0 spiro atoms. The molecular weight excluding hydrogens is 1350 g/mol. The minimum atomic E-state index is -5.29. The van der Waals surface area contributed by atoms with Crippen LogP contribution in [0.3, 0.4) is 0 Å². The summed E-state index contributed by atoms with van der Waals surface area (Å²) in [5.41, 5.74) is -3.31. The molecule has 0 atom stereocenters. The Morgan fingerprint density at radius 1 is 0.330 bits per heavy atom. The van der Waals surface area contributed by atoms with Gasteiger partial charge in [-0.2, -0.15) is 71.0 Å². The zero-order valence-corrected chi connectivity index (χ0v) is 63.0. The van der Waals surface area contributed by atoms with E-state index in [1.54, 1.807) is 0 Å². The van der Waals surface area contributed by atoms with E-state index >= 15 is 0 Å². The third-order valence-electron chi connectivity index (χ3n) is 11.0. The fourth-order valence-electron chi connectivity index (χ4n) is 7.28. The maximum absolute atomic E-state index is 13.3. The van der Waals surface area contributed by atoms with Crippen molar-refractivity contribution in [1.82, 2.24) is 0 Å². The zero-order valence-electron chi connectivity index (χ0n) is 46.1. The van der Waals surface area contributed by atoms with Gasteiger partial charge in [0.05, 0.1) is 32.5 Å². The van der Waals surface area contributed by atoms with Gasteiger partial charge in [-0.25, -0.2) is 4.79 Å². The van der Waals surface area contributed by atoms with Crippen molar-refractivity contribution in [2.75, 3.05) is 10.6 Å². The van der Waals surface area contributed by atoms with Crippen LogP contribution in [0.2, 0.25) is 0 Å². The minimum absolute atomic E-state index is 0. The first-order valence-electron chi connectivity index (χ1n) is 21.8. The Balaban J connectivity index is 0.00000440. The van der Waals surface area contributed by atoms with E-state index in [2.05, 4.69) is 51.5 Å². The van der Waals surface area contributed by atoms with Gasteiger partial charge in [0.2, 0.25) is 0 Å². The number of carbonyl (C=O) groups excluding carboxylic acids is 1. The number of phenolic OH excluding ortho intramolecular Hbond substituents is 2. The number of urea groups is 1. The molecule has 8 aromatic carbocycles. The molecule has 424 valence electrons. The summed E-state index contributed by atoms with van der Waals surface area (Å²) in [6.07, 6.45) is 0. The van der Waals surface area contributed by atoms with Gasteiger partial charge in [0.25, 0.3) is 60.7 Å². The van der Waals surface area contributed by atoms with Gasteiger partial charge in [0, 0.05) is 33.6 Å². The Morgan fingerprint density at radius 2 is 0.693 bits per heavy atom. The predicted molar refractivity (Wildman–Crippen MR) is 285 cm³/mol. The normalized spacial score (nSPS) is 12.2. The van der Waals surface area contributed by atoms with Gasteiger partial charge in [-0.15, -0.1) is 20.5 Å². The van der Waals surface area contributed by atoms with Crippen LogP contribution in [0.15, 0.2) is 204 Å². The number of azo groups is 4. The largest absolute Gasteiger partial charge is 1.00 e. The first kappa shape index (κ1) is 81.1. The number of hydrogen-bond acceptors (Lipinski definition) is 23. The maximum atomic E-state index is 13.3. The number of nitrogens with one attached hydrogen (secondary N) is 2. The number of aromatic hydroxyl groups is 2. The number of rotatable bonds is 16. The van der Waals surface area contributed by atoms with E-state index in [9.17, 15) is 88.3 Å². The van der Waals surface area contributed by atoms with Crippen molar-refractivity contribution in [2.45, 2.75) is 29.4 Å². The zero-order chi connectivity index (χ0) is 59.9. The molecule has 2 amide bonds. The number of hydrogen-bond donors (Lipinski definition) is 10.